The van der Waals surface area contributed by atoms with Gasteiger partial charge in [0.15, 0.2) is 0 Å². The minimum Gasteiger partial charge on any atom is -0.323 e. The van der Waals surface area contributed by atoms with Crippen LogP contribution in [0.5, 0.6) is 0 Å². The molecule has 0 aliphatic rings. The molecule has 0 amide bonds. The van der Waals surface area contributed by atoms with Crippen molar-refractivity contribution in [2.45, 2.75) is 64.8 Å². The van der Waals surface area contributed by atoms with E-state index in [4.69, 9.17) is 5.73 Å². The Balaban J connectivity index is 2.27. The van der Waals surface area contributed by atoms with E-state index in [0.717, 1.165) is 18.5 Å². The van der Waals surface area contributed by atoms with Gasteiger partial charge in [-0.1, -0.05) is 50.4 Å². The first-order valence-corrected chi connectivity index (χ1v) is 7.13. The number of aryl methyl sites for hydroxylation is 1. The van der Waals surface area contributed by atoms with Gasteiger partial charge in [0, 0.05) is 6.04 Å². The van der Waals surface area contributed by atoms with E-state index in [9.17, 15) is 0 Å². The average Bonchev–Trinajstić information content (AvgIpc) is 2.76. The van der Waals surface area contributed by atoms with E-state index in [2.05, 4.69) is 23.4 Å². The predicted octanol–water partition coefficient (Wildman–Crippen LogP) is 3.46. The summed E-state index contributed by atoms with van der Waals surface area (Å²) >= 11 is 1.46. The standard InChI is InChI=1S/C12H23N3S/c1-3-5-6-7-8-9-10(13)12-11(4-2)14-15-16-12/h10H,3-9,13H2,1-2H3. The Morgan fingerprint density at radius 2 is 1.94 bits per heavy atom. The summed E-state index contributed by atoms with van der Waals surface area (Å²) in [6.07, 6.45) is 8.51. The smallest absolute Gasteiger partial charge is 0.0800 e. The van der Waals surface area contributed by atoms with E-state index in [1.54, 1.807) is 0 Å². The number of nitrogens with zero attached hydrogens (tertiary/aromatic N) is 2. The number of nitrogens with two attached hydrogens (primary N) is 1. The van der Waals surface area contributed by atoms with Crippen LogP contribution in [0.15, 0.2) is 0 Å². The highest BCUT2D eigenvalue weighted by molar-refractivity contribution is 7.05. The molecule has 1 aromatic rings. The lowest BCUT2D eigenvalue weighted by molar-refractivity contribution is 0.557. The van der Waals surface area contributed by atoms with Gasteiger partial charge in [0.05, 0.1) is 10.6 Å². The van der Waals surface area contributed by atoms with Gasteiger partial charge in [0.25, 0.3) is 0 Å². The Morgan fingerprint density at radius 1 is 1.19 bits per heavy atom. The van der Waals surface area contributed by atoms with Gasteiger partial charge in [0.1, 0.15) is 0 Å². The highest BCUT2D eigenvalue weighted by Crippen LogP contribution is 2.23. The van der Waals surface area contributed by atoms with Gasteiger partial charge in [-0.2, -0.15) is 0 Å². The molecule has 0 aliphatic heterocycles. The van der Waals surface area contributed by atoms with Crippen molar-refractivity contribution in [2.24, 2.45) is 5.73 Å². The summed E-state index contributed by atoms with van der Waals surface area (Å²) in [4.78, 5) is 1.19. The molecular weight excluding hydrogens is 218 g/mol. The topological polar surface area (TPSA) is 51.8 Å². The first-order valence-electron chi connectivity index (χ1n) is 6.36. The zero-order valence-electron chi connectivity index (χ0n) is 10.4. The molecule has 0 saturated heterocycles. The van der Waals surface area contributed by atoms with Crippen LogP contribution in [-0.4, -0.2) is 9.59 Å². The van der Waals surface area contributed by atoms with Crippen molar-refractivity contribution >= 4 is 11.5 Å². The third-order valence-corrected chi connectivity index (χ3v) is 3.77. The lowest BCUT2D eigenvalue weighted by Gasteiger charge is -2.09. The number of hydrogen-bond donors (Lipinski definition) is 1. The predicted molar refractivity (Wildman–Crippen MR) is 69.6 cm³/mol. The molecule has 1 atom stereocenters. The molecule has 1 rings (SSSR count). The molecule has 4 heteroatoms. The number of aromatic nitrogens is 2. The van der Waals surface area contributed by atoms with Gasteiger partial charge in [-0.25, -0.2) is 0 Å². The second kappa shape index (κ2) is 7.74. The lowest BCUT2D eigenvalue weighted by Crippen LogP contribution is -2.10. The summed E-state index contributed by atoms with van der Waals surface area (Å²) in [6, 6.07) is 0.150. The molecule has 3 nitrogen and oxygen atoms in total. The zero-order valence-corrected chi connectivity index (χ0v) is 11.2. The fourth-order valence-corrected chi connectivity index (χ4v) is 2.61. The summed E-state index contributed by atoms with van der Waals surface area (Å²) in [5, 5.41) is 4.10. The highest BCUT2D eigenvalue weighted by Gasteiger charge is 2.13. The molecule has 16 heavy (non-hydrogen) atoms. The second-order valence-corrected chi connectivity index (χ2v) is 5.03. The fourth-order valence-electron chi connectivity index (χ4n) is 1.84. The number of rotatable bonds is 8. The Bertz CT molecular complexity index is 286. The van der Waals surface area contributed by atoms with Crippen molar-refractivity contribution < 1.29 is 0 Å². The zero-order chi connectivity index (χ0) is 11.8. The SMILES string of the molecule is CCCCCCCC(N)c1snnc1CC. The minimum atomic E-state index is 0.150. The Morgan fingerprint density at radius 3 is 2.62 bits per heavy atom. The van der Waals surface area contributed by atoms with Crippen LogP contribution in [0.4, 0.5) is 0 Å². The Hall–Kier alpha value is -0.480. The van der Waals surface area contributed by atoms with E-state index in [0.29, 0.717) is 0 Å². The third-order valence-electron chi connectivity index (χ3n) is 2.88. The molecule has 92 valence electrons. The summed E-state index contributed by atoms with van der Waals surface area (Å²) in [5.41, 5.74) is 7.25. The van der Waals surface area contributed by atoms with Crippen LogP contribution in [0.2, 0.25) is 0 Å². The molecule has 0 fully saturated rings. The maximum absolute atomic E-state index is 6.16. The first-order chi connectivity index (χ1) is 7.79. The summed E-state index contributed by atoms with van der Waals surface area (Å²) in [6.45, 7) is 4.34. The summed E-state index contributed by atoms with van der Waals surface area (Å²) in [5.74, 6) is 0. The average molecular weight is 241 g/mol. The van der Waals surface area contributed by atoms with E-state index in [-0.39, 0.29) is 6.04 Å². The van der Waals surface area contributed by atoms with Gasteiger partial charge in [0.2, 0.25) is 0 Å². The molecule has 0 aromatic carbocycles. The molecule has 0 aliphatic carbocycles. The molecule has 0 bridgehead atoms. The van der Waals surface area contributed by atoms with Crippen molar-refractivity contribution in [2.75, 3.05) is 0 Å². The lowest BCUT2D eigenvalue weighted by atomic mass is 10.0. The van der Waals surface area contributed by atoms with Gasteiger partial charge < -0.3 is 5.73 Å². The van der Waals surface area contributed by atoms with Crippen molar-refractivity contribution in [3.8, 4) is 0 Å². The van der Waals surface area contributed by atoms with Crippen LogP contribution in [0.1, 0.15) is 69.0 Å². The van der Waals surface area contributed by atoms with Crippen molar-refractivity contribution in [3.63, 3.8) is 0 Å². The van der Waals surface area contributed by atoms with Crippen LogP contribution in [0, 0.1) is 0 Å². The van der Waals surface area contributed by atoms with E-state index in [1.807, 2.05) is 0 Å². The first kappa shape index (κ1) is 13.6. The molecular formula is C12H23N3S. The molecule has 0 saturated carbocycles. The highest BCUT2D eigenvalue weighted by atomic mass is 32.1. The third kappa shape index (κ3) is 4.18. The van der Waals surface area contributed by atoms with Gasteiger partial charge >= 0.3 is 0 Å². The number of unbranched alkanes of at least 4 members (excludes halogenated alkanes) is 4. The van der Waals surface area contributed by atoms with Crippen molar-refractivity contribution in [3.05, 3.63) is 10.6 Å². The molecule has 1 heterocycles. The van der Waals surface area contributed by atoms with Crippen LogP contribution >= 0.6 is 11.5 Å². The van der Waals surface area contributed by atoms with Gasteiger partial charge in [-0.05, 0) is 24.4 Å². The maximum atomic E-state index is 6.16. The number of hydrogen-bond acceptors (Lipinski definition) is 4. The van der Waals surface area contributed by atoms with Crippen molar-refractivity contribution in [1.82, 2.24) is 9.59 Å². The van der Waals surface area contributed by atoms with E-state index < -0.39 is 0 Å². The largest absolute Gasteiger partial charge is 0.323 e. The second-order valence-electron chi connectivity index (χ2n) is 4.25. The fraction of sp³-hybridized carbons (Fsp3) is 0.833. The normalized spacial score (nSPS) is 12.9. The van der Waals surface area contributed by atoms with Gasteiger partial charge in [-0.3, -0.25) is 0 Å². The van der Waals surface area contributed by atoms with Crippen LogP contribution in [0.25, 0.3) is 0 Å². The summed E-state index contributed by atoms with van der Waals surface area (Å²) < 4.78 is 3.98. The monoisotopic (exact) mass is 241 g/mol. The molecule has 2 N–H and O–H groups in total. The molecule has 0 radical (unpaired) electrons. The van der Waals surface area contributed by atoms with Gasteiger partial charge in [-0.15, -0.1) is 5.10 Å². The summed E-state index contributed by atoms with van der Waals surface area (Å²) in [7, 11) is 0. The quantitative estimate of drug-likeness (QED) is 0.709. The molecule has 1 unspecified atom stereocenters. The van der Waals surface area contributed by atoms with Crippen molar-refractivity contribution in [1.29, 1.82) is 0 Å². The Labute approximate surface area is 103 Å². The van der Waals surface area contributed by atoms with Crippen LogP contribution in [-0.2, 0) is 6.42 Å². The van der Waals surface area contributed by atoms with E-state index >= 15 is 0 Å². The van der Waals surface area contributed by atoms with E-state index in [1.165, 1.54) is 48.5 Å². The maximum Gasteiger partial charge on any atom is 0.0800 e. The van der Waals surface area contributed by atoms with Crippen LogP contribution < -0.4 is 5.73 Å². The van der Waals surface area contributed by atoms with Crippen LogP contribution in [0.3, 0.4) is 0 Å². The minimum absolute atomic E-state index is 0.150. The Kier molecular flexibility index (Phi) is 6.57. The molecule has 1 aromatic heterocycles. The molecule has 0 spiro atoms.